The van der Waals surface area contributed by atoms with Gasteiger partial charge in [-0.2, -0.15) is 0 Å². The van der Waals surface area contributed by atoms with E-state index in [0.29, 0.717) is 0 Å². The monoisotopic (exact) mass is 321 g/mol. The molecule has 2 aromatic rings. The van der Waals surface area contributed by atoms with E-state index in [1.54, 1.807) is 0 Å². The first-order valence-electron chi connectivity index (χ1n) is 9.74. The van der Waals surface area contributed by atoms with E-state index in [0.717, 1.165) is 24.8 Å². The van der Waals surface area contributed by atoms with Crippen molar-refractivity contribution in [2.45, 2.75) is 58.3 Å². The molecule has 1 N–H and O–H groups in total. The third-order valence-corrected chi connectivity index (χ3v) is 5.60. The van der Waals surface area contributed by atoms with E-state index in [1.807, 2.05) is 0 Å². The van der Waals surface area contributed by atoms with Gasteiger partial charge in [-0.15, -0.1) is 0 Å². The van der Waals surface area contributed by atoms with E-state index in [1.165, 1.54) is 54.5 Å². The zero-order chi connectivity index (χ0) is 16.8. The van der Waals surface area contributed by atoms with Crippen LogP contribution in [-0.2, 0) is 0 Å². The Hall–Kier alpha value is -1.76. The van der Waals surface area contributed by atoms with Gasteiger partial charge >= 0.3 is 0 Å². The molecule has 2 aromatic carbocycles. The fourth-order valence-corrected chi connectivity index (χ4v) is 3.90. The van der Waals surface area contributed by atoms with Crippen molar-refractivity contribution in [1.82, 2.24) is 0 Å². The number of hydrogen-bond acceptors (Lipinski definition) is 1. The van der Waals surface area contributed by atoms with Crippen LogP contribution in [0.4, 0.5) is 5.69 Å². The van der Waals surface area contributed by atoms with Crippen LogP contribution in [0, 0.1) is 5.92 Å². The van der Waals surface area contributed by atoms with Gasteiger partial charge in [-0.1, -0.05) is 56.7 Å². The molecule has 0 heterocycles. The minimum Gasteiger partial charge on any atom is -0.385 e. The lowest BCUT2D eigenvalue weighted by molar-refractivity contribution is 0.319. The van der Waals surface area contributed by atoms with Crippen LogP contribution in [0.1, 0.15) is 63.9 Å². The van der Waals surface area contributed by atoms with Gasteiger partial charge in [0.1, 0.15) is 0 Å². The van der Waals surface area contributed by atoms with Crippen LogP contribution in [0.5, 0.6) is 0 Å². The summed E-state index contributed by atoms with van der Waals surface area (Å²) in [5.41, 5.74) is 5.38. The lowest BCUT2D eigenvalue weighted by Gasteiger charge is -2.28. The summed E-state index contributed by atoms with van der Waals surface area (Å²) in [7, 11) is 0. The fourth-order valence-electron chi connectivity index (χ4n) is 3.90. The number of hydrogen-bond donors (Lipinski definition) is 1. The molecule has 0 unspecified atom stereocenters. The Labute approximate surface area is 147 Å². The Kier molecular flexibility index (Phi) is 5.96. The second-order valence-corrected chi connectivity index (χ2v) is 7.25. The van der Waals surface area contributed by atoms with Gasteiger partial charge < -0.3 is 5.32 Å². The highest BCUT2D eigenvalue weighted by Crippen LogP contribution is 2.37. The Morgan fingerprint density at radius 1 is 0.792 bits per heavy atom. The number of anilines is 1. The summed E-state index contributed by atoms with van der Waals surface area (Å²) in [5, 5.41) is 3.43. The molecule has 0 radical (unpaired) electrons. The van der Waals surface area contributed by atoms with Crippen molar-refractivity contribution >= 4 is 5.69 Å². The highest BCUT2D eigenvalue weighted by molar-refractivity contribution is 5.66. The smallest absolute Gasteiger partial charge is 0.0340 e. The molecule has 0 spiro atoms. The Morgan fingerprint density at radius 3 is 1.92 bits per heavy atom. The summed E-state index contributed by atoms with van der Waals surface area (Å²) in [6.07, 6.45) is 8.08. The van der Waals surface area contributed by atoms with E-state index < -0.39 is 0 Å². The zero-order valence-electron chi connectivity index (χ0n) is 15.2. The Balaban J connectivity index is 1.64. The van der Waals surface area contributed by atoms with E-state index in [9.17, 15) is 0 Å². The standard InChI is InChI=1S/C23H31N/c1-3-17-24-23-15-13-22(14-16-23)21-11-9-20(10-12-21)19-7-5-18(4-2)6-8-19/h9-16,18-19,24H,3-8,17H2,1-2H3. The van der Waals surface area contributed by atoms with Crippen LogP contribution in [-0.4, -0.2) is 6.54 Å². The topological polar surface area (TPSA) is 12.0 Å². The number of nitrogens with one attached hydrogen (secondary N) is 1. The molecule has 1 nitrogen and oxygen atoms in total. The minimum absolute atomic E-state index is 0.780. The van der Waals surface area contributed by atoms with Crippen LogP contribution in [0.3, 0.4) is 0 Å². The quantitative estimate of drug-likeness (QED) is 0.613. The summed E-state index contributed by atoms with van der Waals surface area (Å²) in [5.74, 6) is 1.75. The van der Waals surface area contributed by atoms with Gasteiger partial charge in [0.05, 0.1) is 0 Å². The molecule has 3 rings (SSSR count). The largest absolute Gasteiger partial charge is 0.385 e. The van der Waals surface area contributed by atoms with E-state index in [-0.39, 0.29) is 0 Å². The highest BCUT2D eigenvalue weighted by Gasteiger charge is 2.21. The average molecular weight is 322 g/mol. The molecule has 1 heteroatoms. The SMILES string of the molecule is CCCNc1ccc(-c2ccc(C3CCC(CC)CC3)cc2)cc1. The van der Waals surface area contributed by atoms with Gasteiger partial charge in [0.2, 0.25) is 0 Å². The second-order valence-electron chi connectivity index (χ2n) is 7.25. The predicted octanol–water partition coefficient (Wildman–Crippen LogP) is 6.86. The molecule has 1 fully saturated rings. The molecule has 1 aliphatic carbocycles. The minimum atomic E-state index is 0.780. The third kappa shape index (κ3) is 4.20. The van der Waals surface area contributed by atoms with Gasteiger partial charge in [-0.3, -0.25) is 0 Å². The van der Waals surface area contributed by atoms with Crippen molar-refractivity contribution in [3.8, 4) is 11.1 Å². The van der Waals surface area contributed by atoms with E-state index in [4.69, 9.17) is 0 Å². The molecule has 0 saturated heterocycles. The molecule has 1 aliphatic rings. The summed E-state index contributed by atoms with van der Waals surface area (Å²) >= 11 is 0. The van der Waals surface area contributed by atoms with Gasteiger partial charge in [0, 0.05) is 12.2 Å². The number of benzene rings is 2. The summed E-state index contributed by atoms with van der Waals surface area (Å²) in [6, 6.07) is 18.1. The van der Waals surface area contributed by atoms with Crippen LogP contribution in [0.2, 0.25) is 0 Å². The average Bonchev–Trinajstić information content (AvgIpc) is 2.67. The molecule has 0 aliphatic heterocycles. The van der Waals surface area contributed by atoms with Crippen molar-refractivity contribution in [3.63, 3.8) is 0 Å². The maximum absolute atomic E-state index is 3.43. The highest BCUT2D eigenvalue weighted by atomic mass is 14.9. The van der Waals surface area contributed by atoms with Crippen LogP contribution >= 0.6 is 0 Å². The van der Waals surface area contributed by atoms with Crippen molar-refractivity contribution in [3.05, 3.63) is 54.1 Å². The summed E-state index contributed by atoms with van der Waals surface area (Å²) < 4.78 is 0. The lowest BCUT2D eigenvalue weighted by Crippen LogP contribution is -2.12. The first-order valence-corrected chi connectivity index (χ1v) is 9.74. The molecule has 1 saturated carbocycles. The fraction of sp³-hybridized carbons (Fsp3) is 0.478. The van der Waals surface area contributed by atoms with Crippen LogP contribution in [0.15, 0.2) is 48.5 Å². The van der Waals surface area contributed by atoms with Crippen molar-refractivity contribution in [1.29, 1.82) is 0 Å². The van der Waals surface area contributed by atoms with Gasteiger partial charge in [0.25, 0.3) is 0 Å². The van der Waals surface area contributed by atoms with E-state index >= 15 is 0 Å². The van der Waals surface area contributed by atoms with Crippen molar-refractivity contribution in [2.75, 3.05) is 11.9 Å². The third-order valence-electron chi connectivity index (χ3n) is 5.60. The van der Waals surface area contributed by atoms with Gasteiger partial charge in [0.15, 0.2) is 0 Å². The Bertz CT molecular complexity index is 603. The first kappa shape index (κ1) is 17.1. The maximum Gasteiger partial charge on any atom is 0.0340 e. The summed E-state index contributed by atoms with van der Waals surface area (Å²) in [6.45, 7) is 5.56. The predicted molar refractivity (Wildman–Crippen MR) is 106 cm³/mol. The molecule has 0 atom stereocenters. The molecule has 24 heavy (non-hydrogen) atoms. The summed E-state index contributed by atoms with van der Waals surface area (Å²) in [4.78, 5) is 0. The van der Waals surface area contributed by atoms with Gasteiger partial charge in [-0.05, 0) is 72.8 Å². The molecular weight excluding hydrogens is 290 g/mol. The lowest BCUT2D eigenvalue weighted by atomic mass is 9.77. The van der Waals surface area contributed by atoms with Gasteiger partial charge in [-0.25, -0.2) is 0 Å². The molecular formula is C23H31N. The van der Waals surface area contributed by atoms with Crippen molar-refractivity contribution < 1.29 is 0 Å². The molecule has 0 aromatic heterocycles. The molecule has 0 amide bonds. The molecule has 0 bridgehead atoms. The van der Waals surface area contributed by atoms with E-state index in [2.05, 4.69) is 67.7 Å². The number of rotatable bonds is 6. The first-order chi connectivity index (χ1) is 11.8. The molecule has 128 valence electrons. The van der Waals surface area contributed by atoms with Crippen LogP contribution < -0.4 is 5.32 Å². The van der Waals surface area contributed by atoms with Crippen molar-refractivity contribution in [2.24, 2.45) is 5.92 Å². The second kappa shape index (κ2) is 8.37. The Morgan fingerprint density at radius 2 is 1.38 bits per heavy atom. The van der Waals surface area contributed by atoms with Crippen LogP contribution in [0.25, 0.3) is 11.1 Å². The normalized spacial score (nSPS) is 20.8. The zero-order valence-corrected chi connectivity index (χ0v) is 15.2. The maximum atomic E-state index is 3.43.